The quantitative estimate of drug-likeness (QED) is 0.576. The number of methoxy groups -OCH3 is 1. The molecular weight excluding hydrogens is 384 g/mol. The highest BCUT2D eigenvalue weighted by Crippen LogP contribution is 2.23. The van der Waals surface area contributed by atoms with E-state index in [0.717, 1.165) is 16.9 Å². The molecule has 3 aromatic rings. The molecule has 8 nitrogen and oxygen atoms in total. The van der Waals surface area contributed by atoms with Crippen LogP contribution in [0.1, 0.15) is 38.3 Å². The topological polar surface area (TPSA) is 99.4 Å². The Balaban J connectivity index is 1.63. The number of benzene rings is 1. The highest BCUT2D eigenvalue weighted by molar-refractivity contribution is 5.80. The van der Waals surface area contributed by atoms with Crippen LogP contribution in [0.5, 0.6) is 5.75 Å². The first-order valence-electron chi connectivity index (χ1n) is 9.77. The fraction of sp³-hybridized carbons (Fsp3) is 0.364. The predicted molar refractivity (Wildman–Crippen MR) is 110 cm³/mol. The van der Waals surface area contributed by atoms with Gasteiger partial charge in [0.05, 0.1) is 13.7 Å². The van der Waals surface area contributed by atoms with E-state index in [0.29, 0.717) is 18.3 Å². The zero-order valence-corrected chi connectivity index (χ0v) is 17.5. The molecule has 2 unspecified atom stereocenters. The van der Waals surface area contributed by atoms with Gasteiger partial charge in [-0.25, -0.2) is 0 Å². The molecule has 0 aliphatic rings. The Labute approximate surface area is 175 Å². The molecule has 158 valence electrons. The minimum atomic E-state index is -0.653. The molecule has 1 N–H and O–H groups in total. The molecule has 0 aliphatic heterocycles. The first kappa shape index (κ1) is 21.4. The van der Waals surface area contributed by atoms with Crippen molar-refractivity contribution in [2.45, 2.75) is 39.5 Å². The van der Waals surface area contributed by atoms with Crippen LogP contribution < -0.4 is 10.1 Å². The second kappa shape index (κ2) is 9.98. The summed E-state index contributed by atoms with van der Waals surface area (Å²) in [6.45, 7) is 5.96. The Kier molecular flexibility index (Phi) is 7.13. The predicted octanol–water partition coefficient (Wildman–Crippen LogP) is 3.56. The second-order valence-corrected chi connectivity index (χ2v) is 7.23. The van der Waals surface area contributed by atoms with Crippen molar-refractivity contribution >= 4 is 5.91 Å². The van der Waals surface area contributed by atoms with E-state index in [4.69, 9.17) is 14.0 Å². The van der Waals surface area contributed by atoms with Gasteiger partial charge in [0.15, 0.2) is 0 Å². The van der Waals surface area contributed by atoms with E-state index in [1.165, 1.54) is 0 Å². The summed E-state index contributed by atoms with van der Waals surface area (Å²) in [7, 11) is 1.61. The van der Waals surface area contributed by atoms with Crippen molar-refractivity contribution in [3.63, 3.8) is 0 Å². The summed E-state index contributed by atoms with van der Waals surface area (Å²) < 4.78 is 16.4. The molecule has 2 aromatic heterocycles. The van der Waals surface area contributed by atoms with E-state index in [9.17, 15) is 4.79 Å². The Bertz CT molecular complexity index is 959. The van der Waals surface area contributed by atoms with Gasteiger partial charge in [-0.3, -0.25) is 9.78 Å². The Morgan fingerprint density at radius 1 is 1.17 bits per heavy atom. The van der Waals surface area contributed by atoms with Crippen LogP contribution in [-0.2, 0) is 16.1 Å². The SMILES string of the molecule is COc1cccc(COC(C)C(=O)NC(c2nc(-c3ccncc3)no2)C(C)C)c1. The third kappa shape index (κ3) is 5.42. The van der Waals surface area contributed by atoms with E-state index in [2.05, 4.69) is 20.4 Å². The number of amides is 1. The van der Waals surface area contributed by atoms with Gasteiger partial charge in [-0.15, -0.1) is 0 Å². The van der Waals surface area contributed by atoms with Crippen molar-refractivity contribution in [3.8, 4) is 17.1 Å². The van der Waals surface area contributed by atoms with Crippen LogP contribution >= 0.6 is 0 Å². The minimum absolute atomic E-state index is 0.0466. The van der Waals surface area contributed by atoms with Gasteiger partial charge in [-0.2, -0.15) is 4.98 Å². The van der Waals surface area contributed by atoms with Crippen LogP contribution in [0.15, 0.2) is 53.3 Å². The maximum absolute atomic E-state index is 12.7. The number of aromatic nitrogens is 3. The van der Waals surface area contributed by atoms with Gasteiger partial charge in [-0.1, -0.05) is 31.1 Å². The number of rotatable bonds is 9. The zero-order chi connectivity index (χ0) is 21.5. The molecule has 0 fully saturated rings. The van der Waals surface area contributed by atoms with Crippen LogP contribution in [0.4, 0.5) is 0 Å². The number of hydrogen-bond donors (Lipinski definition) is 1. The molecule has 0 saturated carbocycles. The number of nitrogens with zero attached hydrogens (tertiary/aromatic N) is 3. The number of hydrogen-bond acceptors (Lipinski definition) is 7. The average Bonchev–Trinajstić information content (AvgIpc) is 3.26. The maximum Gasteiger partial charge on any atom is 0.249 e. The number of nitrogens with one attached hydrogen (secondary N) is 1. The summed E-state index contributed by atoms with van der Waals surface area (Å²) >= 11 is 0. The van der Waals surface area contributed by atoms with Gasteiger partial charge in [0.2, 0.25) is 17.6 Å². The summed E-state index contributed by atoms with van der Waals surface area (Å²) in [5.41, 5.74) is 1.72. The molecule has 0 aliphatic carbocycles. The molecule has 0 saturated heterocycles. The van der Waals surface area contributed by atoms with E-state index >= 15 is 0 Å². The summed E-state index contributed by atoms with van der Waals surface area (Å²) in [5.74, 6) is 1.35. The van der Waals surface area contributed by atoms with Crippen LogP contribution in [0, 0.1) is 5.92 Å². The van der Waals surface area contributed by atoms with E-state index in [-0.39, 0.29) is 11.8 Å². The monoisotopic (exact) mass is 410 g/mol. The lowest BCUT2D eigenvalue weighted by atomic mass is 10.0. The first-order chi connectivity index (χ1) is 14.5. The number of ether oxygens (including phenoxy) is 2. The van der Waals surface area contributed by atoms with Crippen LogP contribution in [0.2, 0.25) is 0 Å². The fourth-order valence-corrected chi connectivity index (χ4v) is 2.82. The largest absolute Gasteiger partial charge is 0.497 e. The molecule has 2 heterocycles. The standard InChI is InChI=1S/C22H26N4O4/c1-14(2)19(22-25-20(26-30-22)17-8-10-23-11-9-17)24-21(27)15(3)29-13-16-6-5-7-18(12-16)28-4/h5-12,14-15,19H,13H2,1-4H3,(H,24,27). The van der Waals surface area contributed by atoms with Gasteiger partial charge in [0.1, 0.15) is 17.9 Å². The lowest BCUT2D eigenvalue weighted by Crippen LogP contribution is -2.39. The van der Waals surface area contributed by atoms with Crippen LogP contribution in [-0.4, -0.2) is 34.2 Å². The molecule has 8 heteroatoms. The summed E-state index contributed by atoms with van der Waals surface area (Å²) in [4.78, 5) is 21.1. The molecule has 1 aromatic carbocycles. The Morgan fingerprint density at radius 2 is 1.93 bits per heavy atom. The lowest BCUT2D eigenvalue weighted by Gasteiger charge is -2.21. The molecule has 1 amide bonds. The van der Waals surface area contributed by atoms with Crippen LogP contribution in [0.25, 0.3) is 11.4 Å². The van der Waals surface area contributed by atoms with Crippen molar-refractivity contribution in [1.29, 1.82) is 0 Å². The van der Waals surface area contributed by atoms with E-state index in [1.807, 2.05) is 38.1 Å². The summed E-state index contributed by atoms with van der Waals surface area (Å²) in [6.07, 6.45) is 2.67. The van der Waals surface area contributed by atoms with Crippen molar-refractivity contribution in [2.75, 3.05) is 7.11 Å². The Morgan fingerprint density at radius 3 is 2.63 bits per heavy atom. The average molecular weight is 410 g/mol. The molecule has 2 atom stereocenters. The van der Waals surface area contributed by atoms with Gasteiger partial charge in [0, 0.05) is 18.0 Å². The van der Waals surface area contributed by atoms with Crippen molar-refractivity contribution in [2.24, 2.45) is 5.92 Å². The second-order valence-electron chi connectivity index (χ2n) is 7.23. The van der Waals surface area contributed by atoms with Gasteiger partial charge in [-0.05, 0) is 42.7 Å². The fourth-order valence-electron chi connectivity index (χ4n) is 2.82. The molecule has 30 heavy (non-hydrogen) atoms. The lowest BCUT2D eigenvalue weighted by molar-refractivity contribution is -0.133. The summed E-state index contributed by atoms with van der Waals surface area (Å²) in [6, 6.07) is 10.7. The van der Waals surface area contributed by atoms with Gasteiger partial charge in [0.25, 0.3) is 0 Å². The molecule has 0 spiro atoms. The Hall–Kier alpha value is -3.26. The minimum Gasteiger partial charge on any atom is -0.497 e. The normalized spacial score (nSPS) is 13.1. The smallest absolute Gasteiger partial charge is 0.249 e. The van der Waals surface area contributed by atoms with E-state index < -0.39 is 12.1 Å². The van der Waals surface area contributed by atoms with Gasteiger partial charge >= 0.3 is 0 Å². The first-order valence-corrected chi connectivity index (χ1v) is 9.77. The third-order valence-corrected chi connectivity index (χ3v) is 4.61. The molecular formula is C22H26N4O4. The highest BCUT2D eigenvalue weighted by atomic mass is 16.5. The molecule has 3 rings (SSSR count). The van der Waals surface area contributed by atoms with Gasteiger partial charge < -0.3 is 19.3 Å². The van der Waals surface area contributed by atoms with Crippen LogP contribution in [0.3, 0.4) is 0 Å². The number of carbonyl (C=O) groups excluding carboxylic acids is 1. The van der Waals surface area contributed by atoms with Crippen molar-refractivity contribution in [3.05, 3.63) is 60.2 Å². The van der Waals surface area contributed by atoms with E-state index in [1.54, 1.807) is 38.6 Å². The summed E-state index contributed by atoms with van der Waals surface area (Å²) in [5, 5.41) is 6.98. The molecule has 0 bridgehead atoms. The molecule has 0 radical (unpaired) electrons. The number of carbonyl (C=O) groups is 1. The van der Waals surface area contributed by atoms with Crippen molar-refractivity contribution < 1.29 is 18.8 Å². The number of pyridine rings is 1. The maximum atomic E-state index is 12.7. The van der Waals surface area contributed by atoms with Crippen molar-refractivity contribution in [1.82, 2.24) is 20.4 Å². The third-order valence-electron chi connectivity index (χ3n) is 4.61. The zero-order valence-electron chi connectivity index (χ0n) is 17.5. The highest BCUT2D eigenvalue weighted by Gasteiger charge is 2.27.